The largest absolute Gasteiger partial charge is 0.602 e. The zero-order valence-corrected chi connectivity index (χ0v) is 28.8. The van der Waals surface area contributed by atoms with Crippen molar-refractivity contribution < 1.29 is 8.85 Å². The lowest BCUT2D eigenvalue weighted by atomic mass is 10.0. The number of rotatable bonds is 2. The van der Waals surface area contributed by atoms with Crippen molar-refractivity contribution in [1.82, 2.24) is 8.47 Å². The van der Waals surface area contributed by atoms with Crippen molar-refractivity contribution in [3.63, 3.8) is 0 Å². The van der Waals surface area contributed by atoms with Crippen LogP contribution in [0, 0.1) is 27.7 Å². The summed E-state index contributed by atoms with van der Waals surface area (Å²) < 4.78 is 17.6. The highest BCUT2D eigenvalue weighted by molar-refractivity contribution is 6.66. The normalized spacial score (nSPS) is 16.3. The van der Waals surface area contributed by atoms with Crippen LogP contribution in [0.5, 0.6) is 0 Å². The summed E-state index contributed by atoms with van der Waals surface area (Å²) in [5.41, 5.74) is 9.34. The average Bonchev–Trinajstić information content (AvgIpc) is 3.78. The minimum atomic E-state index is -3.89. The first-order valence-electron chi connectivity index (χ1n) is 16.2. The highest BCUT2D eigenvalue weighted by Gasteiger charge is 2.51. The Hall–Kier alpha value is -5.62. The number of aliphatic imine (C=N–C) groups is 4. The van der Waals surface area contributed by atoms with Gasteiger partial charge in [0.2, 0.25) is 0 Å². The van der Waals surface area contributed by atoms with E-state index in [-0.39, 0.29) is 0 Å². The molecular formula is C38H30N8O2Si. The van der Waals surface area contributed by atoms with Crippen LogP contribution in [0.3, 0.4) is 0 Å². The van der Waals surface area contributed by atoms with Crippen LogP contribution < -0.4 is 11.0 Å². The van der Waals surface area contributed by atoms with Crippen LogP contribution in [0.4, 0.5) is 11.6 Å². The van der Waals surface area contributed by atoms with Gasteiger partial charge in [0.25, 0.3) is 0 Å². The number of nitrogens with zero attached hydrogens (tertiary/aromatic N) is 8. The topological polar surface area (TPSA) is 102 Å². The zero-order valence-electron chi connectivity index (χ0n) is 27.8. The van der Waals surface area contributed by atoms with E-state index in [1.165, 1.54) is 0 Å². The zero-order chi connectivity index (χ0) is 33.3. The molecule has 2 aromatic heterocycles. The summed E-state index contributed by atoms with van der Waals surface area (Å²) in [6.45, 7) is 8.32. The number of hydrogen-bond donors (Lipinski definition) is 0. The predicted molar refractivity (Wildman–Crippen MR) is 194 cm³/mol. The van der Waals surface area contributed by atoms with Crippen LogP contribution in [0.15, 0.2) is 103 Å². The van der Waals surface area contributed by atoms with E-state index in [2.05, 4.69) is 109 Å². The van der Waals surface area contributed by atoms with Gasteiger partial charge in [-0.05, 0) is 52.0 Å². The van der Waals surface area contributed by atoms with Crippen molar-refractivity contribution >= 4 is 65.4 Å². The summed E-state index contributed by atoms with van der Waals surface area (Å²) in [6.07, 6.45) is 0. The molecule has 10 rings (SSSR count). The van der Waals surface area contributed by atoms with Crippen LogP contribution in [0.25, 0.3) is 21.5 Å². The van der Waals surface area contributed by atoms with Gasteiger partial charge in [-0.1, -0.05) is 70.8 Å². The Morgan fingerprint density at radius 3 is 1.49 bits per heavy atom. The fourth-order valence-electron chi connectivity index (χ4n) is 7.54. The first-order chi connectivity index (χ1) is 23.8. The number of amidine groups is 4. The Bertz CT molecular complexity index is 2800. The quantitative estimate of drug-likeness (QED) is 0.217. The molecule has 4 aliphatic heterocycles. The fourth-order valence-corrected chi connectivity index (χ4v) is 10.4. The summed E-state index contributed by atoms with van der Waals surface area (Å²) >= 11 is 0. The average molecular weight is 659 g/mol. The number of benzene rings is 4. The maximum Gasteiger partial charge on any atom is 0.602 e. The van der Waals surface area contributed by atoms with Gasteiger partial charge in [0.05, 0.1) is 0 Å². The van der Waals surface area contributed by atoms with Crippen molar-refractivity contribution in [2.45, 2.75) is 27.7 Å². The van der Waals surface area contributed by atoms with Crippen molar-refractivity contribution in [2.75, 3.05) is 14.2 Å². The summed E-state index contributed by atoms with van der Waals surface area (Å²) in [5.74, 6) is 3.57. The van der Waals surface area contributed by atoms with Crippen molar-refractivity contribution in [3.8, 4) is 0 Å². The first kappa shape index (κ1) is 28.4. The summed E-state index contributed by atoms with van der Waals surface area (Å²) in [5, 5.41) is 3.62. The second kappa shape index (κ2) is 9.72. The molecule has 0 fully saturated rings. The molecule has 11 heteroatoms. The van der Waals surface area contributed by atoms with Gasteiger partial charge in [0.15, 0.2) is 23.3 Å². The van der Waals surface area contributed by atoms with Gasteiger partial charge in [-0.2, -0.15) is 0 Å². The summed E-state index contributed by atoms with van der Waals surface area (Å²) in [7, 11) is -0.514. The van der Waals surface area contributed by atoms with Crippen LogP contribution in [-0.2, 0) is 8.85 Å². The van der Waals surface area contributed by atoms with E-state index >= 15 is 0 Å². The van der Waals surface area contributed by atoms with E-state index < -0.39 is 8.88 Å². The minimum absolute atomic E-state index is 0.574. The first-order valence-corrected chi connectivity index (χ1v) is 17.9. The van der Waals surface area contributed by atoms with Crippen molar-refractivity contribution in [1.29, 1.82) is 0 Å². The van der Waals surface area contributed by atoms with E-state index in [4.69, 9.17) is 38.8 Å². The lowest BCUT2D eigenvalue weighted by Gasteiger charge is -2.30. The Labute approximate surface area is 282 Å². The molecule has 49 heavy (non-hydrogen) atoms. The Morgan fingerprint density at radius 2 is 0.878 bits per heavy atom. The monoisotopic (exact) mass is 658 g/mol. The minimum Gasteiger partial charge on any atom is -0.364 e. The van der Waals surface area contributed by atoms with E-state index in [1.807, 2.05) is 0 Å². The molecule has 0 saturated carbocycles. The fraction of sp³-hybridized carbons (Fsp3) is 0.158. The molecule has 0 spiro atoms. The Morgan fingerprint density at radius 1 is 0.429 bits per heavy atom. The molecule has 4 aromatic carbocycles. The van der Waals surface area contributed by atoms with Crippen molar-refractivity contribution in [2.24, 2.45) is 30.0 Å². The molecule has 4 aliphatic rings. The Balaban J connectivity index is 1.54. The SMILES string of the molecule is CO[Si]1(OC)n2c3c4cc(C)ccc4c2N=C2N=C(N=c4c5cc(C)ccc5c(n41)=NC1=NC(=N3)c3ccc(C)cc31)c1ccc(C)cc12. The molecule has 0 amide bonds. The number of hydrogen-bond acceptors (Lipinski definition) is 8. The third-order valence-electron chi connectivity index (χ3n) is 9.84. The molecule has 0 unspecified atom stereocenters. The lowest BCUT2D eigenvalue weighted by Crippen LogP contribution is -2.62. The van der Waals surface area contributed by atoms with Crippen LogP contribution in [0.2, 0.25) is 0 Å². The predicted octanol–water partition coefficient (Wildman–Crippen LogP) is 5.90. The van der Waals surface area contributed by atoms with Gasteiger partial charge in [-0.15, -0.1) is 0 Å². The van der Waals surface area contributed by atoms with Crippen molar-refractivity contribution in [3.05, 3.63) is 128 Å². The van der Waals surface area contributed by atoms with Gasteiger partial charge in [0.1, 0.15) is 22.6 Å². The molecule has 0 atom stereocenters. The summed E-state index contributed by atoms with van der Waals surface area (Å²) in [4.78, 5) is 31.8. The molecule has 6 heterocycles. The van der Waals surface area contributed by atoms with E-state index in [0.29, 0.717) is 46.0 Å². The molecule has 6 bridgehead atoms. The maximum atomic E-state index is 6.76. The summed E-state index contributed by atoms with van der Waals surface area (Å²) in [6, 6.07) is 25.3. The molecule has 0 saturated heterocycles. The van der Waals surface area contributed by atoms with E-state index in [0.717, 1.165) is 66.1 Å². The molecule has 0 radical (unpaired) electrons. The second-order valence-electron chi connectivity index (χ2n) is 13.1. The molecule has 238 valence electrons. The van der Waals surface area contributed by atoms with Crippen LogP contribution in [0.1, 0.15) is 44.5 Å². The second-order valence-corrected chi connectivity index (χ2v) is 15.9. The number of fused-ring (bicyclic) bond motifs is 14. The smallest absolute Gasteiger partial charge is 0.364 e. The van der Waals surface area contributed by atoms with E-state index in [1.54, 1.807) is 14.2 Å². The lowest BCUT2D eigenvalue weighted by molar-refractivity contribution is 0.217. The van der Waals surface area contributed by atoms with Crippen LogP contribution >= 0.6 is 0 Å². The Kier molecular flexibility index (Phi) is 5.63. The molecule has 6 aromatic rings. The third kappa shape index (κ3) is 3.71. The highest BCUT2D eigenvalue weighted by Crippen LogP contribution is 2.43. The van der Waals surface area contributed by atoms with E-state index in [9.17, 15) is 0 Å². The van der Waals surface area contributed by atoms with Gasteiger partial charge in [0, 0.05) is 58.0 Å². The number of aromatic nitrogens is 2. The maximum absolute atomic E-state index is 6.76. The standard InChI is InChI=1S/C38H30N8O2Si/c1-19-7-11-23-27(15-19)33-39-31(23)41-37-30-18-22(4)10-14-26(30)36-44-34-28-16-20(2)8-12-24(28)32(40-34)42-38-29-17-21(3)9-13-25(29)35(43-33)45(38)49(47-5,48-6)46(36)37/h7-18H,1-6H3. The molecule has 0 aliphatic carbocycles. The van der Waals surface area contributed by atoms with Gasteiger partial charge in [-0.3, -0.25) is 8.47 Å². The third-order valence-corrected chi connectivity index (χ3v) is 12.9. The van der Waals surface area contributed by atoms with Gasteiger partial charge < -0.3 is 8.85 Å². The highest BCUT2D eigenvalue weighted by atomic mass is 28.4. The molecule has 0 N–H and O–H groups in total. The van der Waals surface area contributed by atoms with Gasteiger partial charge >= 0.3 is 8.88 Å². The number of aryl methyl sites for hydroxylation is 4. The van der Waals surface area contributed by atoms with Crippen LogP contribution in [-0.4, -0.2) is 54.9 Å². The molecule has 10 nitrogen and oxygen atoms in total. The van der Waals surface area contributed by atoms with Gasteiger partial charge in [-0.25, -0.2) is 30.0 Å². The molecular weight excluding hydrogens is 629 g/mol.